The minimum absolute atomic E-state index is 0.117. The van der Waals surface area contributed by atoms with E-state index in [1.165, 1.54) is 30.2 Å². The van der Waals surface area contributed by atoms with Gasteiger partial charge in [-0.3, -0.25) is 9.59 Å². The lowest BCUT2D eigenvalue weighted by molar-refractivity contribution is -0.140. The normalized spacial score (nSPS) is 17.6. The standard InChI is InChI=1S/C25H21ClFNO5/c1-14-3-9-20(33-14)22-21(23(29)18-13-16(26)6-10-19(18)32-2)24(30)25(31)28(22)12-11-15-4-7-17(27)8-5-15/h3-10,13,22,29H,11-12H2,1-2H3/b23-21+. The summed E-state index contributed by atoms with van der Waals surface area (Å²) in [6.45, 7) is 1.90. The molecule has 0 bridgehead atoms. The molecule has 1 fully saturated rings. The van der Waals surface area contributed by atoms with Crippen LogP contribution in [0.25, 0.3) is 5.76 Å². The van der Waals surface area contributed by atoms with Crippen LogP contribution in [0.1, 0.15) is 28.7 Å². The number of carbonyl (C=O) groups excluding carboxylic acids is 2. The van der Waals surface area contributed by atoms with E-state index in [-0.39, 0.29) is 23.5 Å². The SMILES string of the molecule is COc1ccc(Cl)cc1/C(O)=C1\C(=O)C(=O)N(CCc2ccc(F)cc2)C1c1ccc(C)o1. The maximum absolute atomic E-state index is 13.2. The van der Waals surface area contributed by atoms with Crippen LogP contribution in [0.2, 0.25) is 5.02 Å². The first kappa shape index (κ1) is 22.6. The highest BCUT2D eigenvalue weighted by Gasteiger charge is 2.47. The summed E-state index contributed by atoms with van der Waals surface area (Å²) in [6.07, 6.45) is 0.379. The third kappa shape index (κ3) is 4.36. The van der Waals surface area contributed by atoms with Crippen LogP contribution in [0.5, 0.6) is 5.75 Å². The lowest BCUT2D eigenvalue weighted by Gasteiger charge is -2.23. The molecular weight excluding hydrogens is 449 g/mol. The first-order valence-electron chi connectivity index (χ1n) is 10.2. The molecule has 33 heavy (non-hydrogen) atoms. The van der Waals surface area contributed by atoms with Gasteiger partial charge in [-0.05, 0) is 61.4 Å². The average Bonchev–Trinajstić information content (AvgIpc) is 3.34. The summed E-state index contributed by atoms with van der Waals surface area (Å²) < 4.78 is 24.3. The Morgan fingerprint density at radius 2 is 1.88 bits per heavy atom. The molecule has 0 spiro atoms. The summed E-state index contributed by atoms with van der Waals surface area (Å²) in [5.74, 6) is -1.14. The highest BCUT2D eigenvalue weighted by molar-refractivity contribution is 6.46. The van der Waals surface area contributed by atoms with Crippen molar-refractivity contribution in [1.29, 1.82) is 0 Å². The Morgan fingerprint density at radius 1 is 1.15 bits per heavy atom. The lowest BCUT2D eigenvalue weighted by atomic mass is 9.98. The highest BCUT2D eigenvalue weighted by Crippen LogP contribution is 2.41. The van der Waals surface area contributed by atoms with Gasteiger partial charge in [0.25, 0.3) is 11.7 Å². The van der Waals surface area contributed by atoms with Crippen LogP contribution < -0.4 is 4.74 Å². The number of ether oxygens (including phenoxy) is 1. The second kappa shape index (κ2) is 9.11. The van der Waals surface area contributed by atoms with E-state index in [0.29, 0.717) is 28.7 Å². The molecule has 1 saturated heterocycles. The average molecular weight is 470 g/mol. The maximum Gasteiger partial charge on any atom is 0.295 e. The second-order valence-corrected chi connectivity index (χ2v) is 8.10. The number of rotatable bonds is 6. The van der Waals surface area contributed by atoms with Crippen LogP contribution in [0.4, 0.5) is 4.39 Å². The molecule has 0 saturated carbocycles. The fourth-order valence-corrected chi connectivity index (χ4v) is 4.09. The molecule has 2 heterocycles. The van der Waals surface area contributed by atoms with Crippen molar-refractivity contribution in [2.24, 2.45) is 0 Å². The molecule has 2 aromatic carbocycles. The Balaban J connectivity index is 1.80. The van der Waals surface area contributed by atoms with Gasteiger partial charge in [0.15, 0.2) is 0 Å². The number of nitrogens with zero attached hydrogens (tertiary/aromatic N) is 1. The molecule has 1 aromatic heterocycles. The van der Waals surface area contributed by atoms with Crippen molar-refractivity contribution in [3.05, 3.63) is 93.7 Å². The number of aliphatic hydroxyl groups is 1. The van der Waals surface area contributed by atoms with Gasteiger partial charge in [-0.25, -0.2) is 4.39 Å². The molecule has 6 nitrogen and oxygen atoms in total. The number of halogens is 2. The quantitative estimate of drug-likeness (QED) is 0.310. The number of Topliss-reactive ketones (excluding diaryl/α,β-unsaturated/α-hetero) is 1. The van der Waals surface area contributed by atoms with E-state index < -0.39 is 23.5 Å². The van der Waals surface area contributed by atoms with Crippen molar-refractivity contribution < 1.29 is 28.2 Å². The Bertz CT molecular complexity index is 1250. The van der Waals surface area contributed by atoms with Crippen molar-refractivity contribution in [1.82, 2.24) is 4.90 Å². The van der Waals surface area contributed by atoms with Crippen LogP contribution >= 0.6 is 11.6 Å². The third-order valence-electron chi connectivity index (χ3n) is 5.54. The maximum atomic E-state index is 13.2. The molecule has 4 rings (SSSR count). The first-order chi connectivity index (χ1) is 15.8. The first-order valence-corrected chi connectivity index (χ1v) is 10.6. The second-order valence-electron chi connectivity index (χ2n) is 7.66. The number of carbonyl (C=O) groups is 2. The summed E-state index contributed by atoms with van der Waals surface area (Å²) in [5.41, 5.74) is 0.869. The van der Waals surface area contributed by atoms with E-state index in [4.69, 9.17) is 20.8 Å². The molecule has 1 aliphatic heterocycles. The van der Waals surface area contributed by atoms with Gasteiger partial charge in [-0.2, -0.15) is 0 Å². The lowest BCUT2D eigenvalue weighted by Crippen LogP contribution is -2.31. The van der Waals surface area contributed by atoms with Crippen molar-refractivity contribution in [3.8, 4) is 5.75 Å². The van der Waals surface area contributed by atoms with Crippen molar-refractivity contribution in [3.63, 3.8) is 0 Å². The van der Waals surface area contributed by atoms with Crippen LogP contribution in [-0.2, 0) is 16.0 Å². The molecule has 1 amide bonds. The molecule has 170 valence electrons. The smallest absolute Gasteiger partial charge is 0.295 e. The Morgan fingerprint density at radius 3 is 2.52 bits per heavy atom. The zero-order chi connectivity index (χ0) is 23.7. The molecule has 1 N–H and O–H groups in total. The Labute approximate surface area is 194 Å². The largest absolute Gasteiger partial charge is 0.507 e. The van der Waals surface area contributed by atoms with Gasteiger partial charge in [0.05, 0.1) is 18.2 Å². The summed E-state index contributed by atoms with van der Waals surface area (Å²) >= 11 is 6.11. The Kier molecular flexibility index (Phi) is 6.24. The molecule has 1 aliphatic rings. The molecule has 8 heteroatoms. The van der Waals surface area contributed by atoms with Crippen molar-refractivity contribution in [2.75, 3.05) is 13.7 Å². The van der Waals surface area contributed by atoms with E-state index in [1.807, 2.05) is 0 Å². The van der Waals surface area contributed by atoms with Crippen LogP contribution in [0, 0.1) is 12.7 Å². The third-order valence-corrected chi connectivity index (χ3v) is 5.78. The number of aryl methyl sites for hydroxylation is 1. The monoisotopic (exact) mass is 469 g/mol. The number of aliphatic hydroxyl groups excluding tert-OH is 1. The fraction of sp³-hybridized carbons (Fsp3) is 0.200. The number of methoxy groups -OCH3 is 1. The van der Waals surface area contributed by atoms with Gasteiger partial charge in [0, 0.05) is 11.6 Å². The number of hydrogen-bond acceptors (Lipinski definition) is 5. The Hall–Kier alpha value is -3.58. The van der Waals surface area contributed by atoms with E-state index in [0.717, 1.165) is 5.56 Å². The molecule has 0 radical (unpaired) electrons. The van der Waals surface area contributed by atoms with Crippen LogP contribution in [-0.4, -0.2) is 35.4 Å². The number of benzene rings is 2. The zero-order valence-electron chi connectivity index (χ0n) is 18.0. The van der Waals surface area contributed by atoms with E-state index in [2.05, 4.69) is 0 Å². The summed E-state index contributed by atoms with van der Waals surface area (Å²) in [7, 11) is 1.43. The van der Waals surface area contributed by atoms with Gasteiger partial charge < -0.3 is 19.2 Å². The number of ketones is 1. The summed E-state index contributed by atoms with van der Waals surface area (Å²) in [6, 6.07) is 13.0. The predicted molar refractivity (Wildman–Crippen MR) is 121 cm³/mol. The predicted octanol–water partition coefficient (Wildman–Crippen LogP) is 5.05. The van der Waals surface area contributed by atoms with Crippen LogP contribution in [0.3, 0.4) is 0 Å². The number of furan rings is 1. The molecule has 1 atom stereocenters. The molecular formula is C25H21ClFNO5. The topological polar surface area (TPSA) is 80.0 Å². The summed E-state index contributed by atoms with van der Waals surface area (Å²) in [4.78, 5) is 27.5. The van der Waals surface area contributed by atoms with Crippen molar-refractivity contribution >= 4 is 29.1 Å². The number of amides is 1. The van der Waals surface area contributed by atoms with Gasteiger partial charge in [0.1, 0.15) is 34.9 Å². The summed E-state index contributed by atoms with van der Waals surface area (Å²) in [5, 5.41) is 11.5. The van der Waals surface area contributed by atoms with E-state index in [1.54, 1.807) is 43.3 Å². The zero-order valence-corrected chi connectivity index (χ0v) is 18.7. The van der Waals surface area contributed by atoms with Gasteiger partial charge >= 0.3 is 0 Å². The number of hydrogen-bond donors (Lipinski definition) is 1. The van der Waals surface area contributed by atoms with Gasteiger partial charge in [0.2, 0.25) is 0 Å². The number of likely N-dealkylation sites (tertiary alicyclic amines) is 1. The van der Waals surface area contributed by atoms with Gasteiger partial charge in [-0.1, -0.05) is 23.7 Å². The van der Waals surface area contributed by atoms with E-state index in [9.17, 15) is 19.1 Å². The minimum atomic E-state index is -0.942. The minimum Gasteiger partial charge on any atom is -0.507 e. The van der Waals surface area contributed by atoms with Gasteiger partial charge in [-0.15, -0.1) is 0 Å². The molecule has 1 unspecified atom stereocenters. The molecule has 3 aromatic rings. The van der Waals surface area contributed by atoms with Crippen LogP contribution in [0.15, 0.2) is 64.6 Å². The van der Waals surface area contributed by atoms with Crippen molar-refractivity contribution in [2.45, 2.75) is 19.4 Å². The molecule has 0 aliphatic carbocycles. The van der Waals surface area contributed by atoms with E-state index >= 15 is 0 Å². The highest BCUT2D eigenvalue weighted by atomic mass is 35.5. The fourth-order valence-electron chi connectivity index (χ4n) is 3.92.